The van der Waals surface area contributed by atoms with Gasteiger partial charge in [-0.1, -0.05) is 11.6 Å². The van der Waals surface area contributed by atoms with E-state index in [0.717, 1.165) is 11.1 Å². The van der Waals surface area contributed by atoms with Crippen LogP contribution < -0.4 is 4.74 Å². The molecule has 0 spiro atoms. The fourth-order valence-corrected chi connectivity index (χ4v) is 1.91. The van der Waals surface area contributed by atoms with E-state index in [-0.39, 0.29) is 5.57 Å². The van der Waals surface area contributed by atoms with Crippen LogP contribution in [0, 0.1) is 6.92 Å². The first kappa shape index (κ1) is 13.8. The summed E-state index contributed by atoms with van der Waals surface area (Å²) in [5, 5.41) is 9.46. The van der Waals surface area contributed by atoms with Gasteiger partial charge in [0.05, 0.1) is 12.7 Å². The van der Waals surface area contributed by atoms with E-state index >= 15 is 0 Å². The average Bonchev–Trinajstić information content (AvgIpc) is 2.45. The summed E-state index contributed by atoms with van der Waals surface area (Å²) in [4.78, 5) is 15.5. The third kappa shape index (κ3) is 3.03. The van der Waals surface area contributed by atoms with Crippen molar-refractivity contribution in [3.63, 3.8) is 0 Å². The van der Waals surface area contributed by atoms with Gasteiger partial charge in [-0.05, 0) is 42.8 Å². The third-order valence-electron chi connectivity index (χ3n) is 2.89. The quantitative estimate of drug-likeness (QED) is 0.867. The molecule has 2 rings (SSSR count). The highest BCUT2D eigenvalue weighted by Gasteiger charge is 2.15. The minimum absolute atomic E-state index is 0.191. The van der Waals surface area contributed by atoms with Gasteiger partial charge in [0.2, 0.25) is 0 Å². The fourth-order valence-electron chi connectivity index (χ4n) is 1.91. The lowest BCUT2D eigenvalue weighted by Gasteiger charge is -2.10. The predicted molar refractivity (Wildman–Crippen MR) is 77.5 cm³/mol. The molecule has 0 amide bonds. The molecule has 1 N–H and O–H groups in total. The first-order valence-corrected chi connectivity index (χ1v) is 6.12. The number of carboxylic acid groups (broad SMARTS) is 1. The smallest absolute Gasteiger partial charge is 0.336 e. The van der Waals surface area contributed by atoms with Gasteiger partial charge in [-0.3, -0.25) is 4.98 Å². The number of methoxy groups -OCH3 is 1. The Morgan fingerprint density at radius 2 is 1.95 bits per heavy atom. The standard InChI is InChI=1S/C16H15NO3/c1-11-3-4-15(20-2)13(9-11)14(16(18)19)10-12-5-7-17-8-6-12/h3-10H,1-2H3,(H,18,19)/b14-10-. The second-order valence-corrected chi connectivity index (χ2v) is 4.35. The van der Waals surface area contributed by atoms with Gasteiger partial charge in [0.1, 0.15) is 5.75 Å². The zero-order chi connectivity index (χ0) is 14.5. The van der Waals surface area contributed by atoms with Gasteiger partial charge in [-0.25, -0.2) is 4.79 Å². The molecule has 0 saturated heterocycles. The van der Waals surface area contributed by atoms with E-state index in [1.165, 1.54) is 7.11 Å². The van der Waals surface area contributed by atoms with Crippen LogP contribution in [0.15, 0.2) is 42.7 Å². The molecular formula is C16H15NO3. The Balaban J connectivity index is 2.58. The van der Waals surface area contributed by atoms with E-state index in [9.17, 15) is 9.90 Å². The van der Waals surface area contributed by atoms with Crippen LogP contribution >= 0.6 is 0 Å². The number of aliphatic carboxylic acids is 1. The van der Waals surface area contributed by atoms with E-state index < -0.39 is 5.97 Å². The highest BCUT2D eigenvalue weighted by Crippen LogP contribution is 2.28. The molecule has 0 fully saturated rings. The molecular weight excluding hydrogens is 254 g/mol. The molecule has 4 heteroatoms. The summed E-state index contributed by atoms with van der Waals surface area (Å²) in [5.74, 6) is -0.455. The molecule has 0 aliphatic heterocycles. The fraction of sp³-hybridized carbons (Fsp3) is 0.125. The topological polar surface area (TPSA) is 59.4 Å². The molecule has 0 unspecified atom stereocenters. The lowest BCUT2D eigenvalue weighted by molar-refractivity contribution is -0.130. The lowest BCUT2D eigenvalue weighted by atomic mass is 10.0. The molecule has 102 valence electrons. The minimum atomic E-state index is -0.995. The van der Waals surface area contributed by atoms with Crippen LogP contribution in [0.25, 0.3) is 11.6 Å². The Kier molecular flexibility index (Phi) is 4.15. The maximum absolute atomic E-state index is 11.5. The van der Waals surface area contributed by atoms with Crippen LogP contribution in [-0.4, -0.2) is 23.2 Å². The summed E-state index contributed by atoms with van der Waals surface area (Å²) in [6, 6.07) is 8.97. The second kappa shape index (κ2) is 6.02. The number of aromatic nitrogens is 1. The van der Waals surface area contributed by atoms with E-state index in [0.29, 0.717) is 11.3 Å². The Morgan fingerprint density at radius 3 is 2.55 bits per heavy atom. The summed E-state index contributed by atoms with van der Waals surface area (Å²) in [7, 11) is 1.53. The van der Waals surface area contributed by atoms with E-state index in [2.05, 4.69) is 4.98 Å². The molecule has 20 heavy (non-hydrogen) atoms. The van der Waals surface area contributed by atoms with Crippen LogP contribution in [0.2, 0.25) is 0 Å². The highest BCUT2D eigenvalue weighted by atomic mass is 16.5. The number of ether oxygens (including phenoxy) is 1. The zero-order valence-corrected chi connectivity index (χ0v) is 11.3. The molecule has 1 aromatic heterocycles. The van der Waals surface area contributed by atoms with Crippen molar-refractivity contribution in [2.45, 2.75) is 6.92 Å². The van der Waals surface area contributed by atoms with Crippen molar-refractivity contribution in [1.29, 1.82) is 0 Å². The first-order valence-electron chi connectivity index (χ1n) is 6.12. The number of pyridine rings is 1. The van der Waals surface area contributed by atoms with Crippen molar-refractivity contribution >= 4 is 17.6 Å². The minimum Gasteiger partial charge on any atom is -0.496 e. The third-order valence-corrected chi connectivity index (χ3v) is 2.89. The first-order chi connectivity index (χ1) is 9.61. The van der Waals surface area contributed by atoms with Gasteiger partial charge in [-0.2, -0.15) is 0 Å². The van der Waals surface area contributed by atoms with Crippen LogP contribution in [0.5, 0.6) is 5.75 Å². The van der Waals surface area contributed by atoms with E-state index in [1.807, 2.05) is 13.0 Å². The van der Waals surface area contributed by atoms with Gasteiger partial charge in [0.25, 0.3) is 0 Å². The van der Waals surface area contributed by atoms with Crippen LogP contribution in [0.4, 0.5) is 0 Å². The lowest BCUT2D eigenvalue weighted by Crippen LogP contribution is -2.02. The molecule has 0 atom stereocenters. The molecule has 1 heterocycles. The number of nitrogens with zero attached hydrogens (tertiary/aromatic N) is 1. The molecule has 1 aromatic carbocycles. The maximum Gasteiger partial charge on any atom is 0.336 e. The number of benzene rings is 1. The van der Waals surface area contributed by atoms with Gasteiger partial charge in [0, 0.05) is 18.0 Å². The summed E-state index contributed by atoms with van der Waals surface area (Å²) in [6.45, 7) is 1.91. The Bertz CT molecular complexity index is 648. The average molecular weight is 269 g/mol. The van der Waals surface area contributed by atoms with Gasteiger partial charge >= 0.3 is 5.97 Å². The van der Waals surface area contributed by atoms with Crippen molar-refractivity contribution in [3.8, 4) is 5.75 Å². The summed E-state index contributed by atoms with van der Waals surface area (Å²) in [5.41, 5.74) is 2.51. The molecule has 0 aliphatic rings. The van der Waals surface area contributed by atoms with Crippen molar-refractivity contribution in [2.75, 3.05) is 7.11 Å². The highest BCUT2D eigenvalue weighted by molar-refractivity contribution is 6.21. The normalized spacial score (nSPS) is 11.2. The number of hydrogen-bond donors (Lipinski definition) is 1. The van der Waals surface area contributed by atoms with Crippen LogP contribution in [0.1, 0.15) is 16.7 Å². The second-order valence-electron chi connectivity index (χ2n) is 4.35. The molecule has 0 aliphatic carbocycles. The molecule has 0 bridgehead atoms. The number of aryl methyl sites for hydroxylation is 1. The van der Waals surface area contributed by atoms with E-state index in [1.54, 1.807) is 42.7 Å². The summed E-state index contributed by atoms with van der Waals surface area (Å²) in [6.07, 6.45) is 4.86. The Hall–Kier alpha value is -2.62. The Morgan fingerprint density at radius 1 is 1.25 bits per heavy atom. The van der Waals surface area contributed by atoms with Gasteiger partial charge < -0.3 is 9.84 Å². The summed E-state index contributed by atoms with van der Waals surface area (Å²) >= 11 is 0. The van der Waals surface area contributed by atoms with Gasteiger partial charge in [0.15, 0.2) is 0 Å². The maximum atomic E-state index is 11.5. The van der Waals surface area contributed by atoms with Crippen molar-refractivity contribution in [1.82, 2.24) is 4.98 Å². The SMILES string of the molecule is COc1ccc(C)cc1/C(=C/c1ccncc1)C(=O)O. The van der Waals surface area contributed by atoms with Gasteiger partial charge in [-0.15, -0.1) is 0 Å². The molecule has 0 radical (unpaired) electrons. The number of carbonyl (C=O) groups is 1. The molecule has 0 saturated carbocycles. The number of rotatable bonds is 4. The largest absolute Gasteiger partial charge is 0.496 e. The van der Waals surface area contributed by atoms with Crippen LogP contribution in [-0.2, 0) is 4.79 Å². The number of carboxylic acids is 1. The Labute approximate surface area is 117 Å². The van der Waals surface area contributed by atoms with Crippen molar-refractivity contribution in [2.24, 2.45) is 0 Å². The van der Waals surface area contributed by atoms with Crippen molar-refractivity contribution in [3.05, 3.63) is 59.4 Å². The summed E-state index contributed by atoms with van der Waals surface area (Å²) < 4.78 is 5.25. The van der Waals surface area contributed by atoms with Crippen molar-refractivity contribution < 1.29 is 14.6 Å². The number of hydrogen-bond acceptors (Lipinski definition) is 3. The molecule has 2 aromatic rings. The van der Waals surface area contributed by atoms with E-state index in [4.69, 9.17) is 4.74 Å². The monoisotopic (exact) mass is 269 g/mol. The van der Waals surface area contributed by atoms with Crippen LogP contribution in [0.3, 0.4) is 0 Å². The predicted octanol–water partition coefficient (Wildman–Crippen LogP) is 3.02. The zero-order valence-electron chi connectivity index (χ0n) is 11.3. The molecule has 4 nitrogen and oxygen atoms in total.